The van der Waals surface area contributed by atoms with Gasteiger partial charge in [-0.05, 0) is 24.0 Å². The molecule has 0 amide bonds. The lowest BCUT2D eigenvalue weighted by atomic mass is 10.0. The molecule has 2 rings (SSSR count). The van der Waals surface area contributed by atoms with Crippen LogP contribution in [-0.4, -0.2) is 30.9 Å². The Bertz CT molecular complexity index is 431. The molecule has 0 bridgehead atoms. The molecule has 0 saturated carbocycles. The van der Waals surface area contributed by atoms with E-state index >= 15 is 0 Å². The van der Waals surface area contributed by atoms with Gasteiger partial charge in [-0.25, -0.2) is 0 Å². The Morgan fingerprint density at radius 3 is 2.50 bits per heavy atom. The van der Waals surface area contributed by atoms with Gasteiger partial charge in [0.1, 0.15) is 0 Å². The predicted molar refractivity (Wildman–Crippen MR) is 62.1 cm³/mol. The Labute approximate surface area is 95.7 Å². The van der Waals surface area contributed by atoms with Gasteiger partial charge in [0.05, 0.1) is 6.26 Å². The lowest BCUT2D eigenvalue weighted by Crippen LogP contribution is -1.97. The number of aryl methyl sites for hydroxylation is 1. The highest BCUT2D eigenvalue weighted by atomic mass is 32.2. The Morgan fingerprint density at radius 2 is 1.94 bits per heavy atom. The molecule has 0 aromatic heterocycles. The zero-order valence-electron chi connectivity index (χ0n) is 9.13. The van der Waals surface area contributed by atoms with Gasteiger partial charge in [0, 0.05) is 12.5 Å². The molecule has 0 spiro atoms. The monoisotopic (exact) mass is 244 g/mol. The van der Waals surface area contributed by atoms with Crippen LogP contribution >= 0.6 is 0 Å². The van der Waals surface area contributed by atoms with Crippen LogP contribution in [0.25, 0.3) is 0 Å². The molecule has 90 valence electrons. The highest BCUT2D eigenvalue weighted by molar-refractivity contribution is 7.85. The molecule has 0 radical (unpaired) electrons. The van der Waals surface area contributed by atoms with Crippen LogP contribution in [0.15, 0.2) is 24.3 Å². The maximum Gasteiger partial charge on any atom is 0.261 e. The first-order valence-electron chi connectivity index (χ1n) is 5.03. The Hall–Kier alpha value is -0.910. The minimum atomic E-state index is -3.67. The first kappa shape index (κ1) is 13.2. The van der Waals surface area contributed by atoms with Gasteiger partial charge in [0.2, 0.25) is 0 Å². The van der Waals surface area contributed by atoms with Crippen molar-refractivity contribution in [2.75, 3.05) is 12.9 Å². The van der Waals surface area contributed by atoms with Gasteiger partial charge in [0.25, 0.3) is 10.1 Å². The number of aliphatic hydroxyl groups excluding tert-OH is 1. The van der Waals surface area contributed by atoms with Crippen molar-refractivity contribution in [1.82, 2.24) is 0 Å². The van der Waals surface area contributed by atoms with Crippen LogP contribution in [0.4, 0.5) is 0 Å². The molecule has 1 unspecified atom stereocenters. The topological polar surface area (TPSA) is 74.6 Å². The van der Waals surface area contributed by atoms with Gasteiger partial charge in [-0.15, -0.1) is 0 Å². The highest BCUT2D eigenvalue weighted by Gasteiger charge is 2.20. The third-order valence-corrected chi connectivity index (χ3v) is 2.48. The maximum absolute atomic E-state index is 9.19. The largest absolute Gasteiger partial charge is 0.396 e. The summed E-state index contributed by atoms with van der Waals surface area (Å²) in [7, 11) is -3.67. The van der Waals surface area contributed by atoms with Crippen molar-refractivity contribution in [2.45, 2.75) is 18.8 Å². The molecule has 1 aliphatic rings. The molecule has 4 nitrogen and oxygen atoms in total. The number of fused-ring (bicyclic) bond motifs is 1. The highest BCUT2D eigenvalue weighted by Crippen LogP contribution is 2.31. The lowest BCUT2D eigenvalue weighted by molar-refractivity contribution is 0.265. The van der Waals surface area contributed by atoms with Crippen molar-refractivity contribution >= 4 is 10.1 Å². The predicted octanol–water partition coefficient (Wildman–Crippen LogP) is 1.21. The Kier molecular flexibility index (Phi) is 4.46. The van der Waals surface area contributed by atoms with Crippen LogP contribution in [0.2, 0.25) is 0 Å². The van der Waals surface area contributed by atoms with Crippen LogP contribution in [-0.2, 0) is 16.5 Å². The van der Waals surface area contributed by atoms with Crippen LogP contribution < -0.4 is 0 Å². The van der Waals surface area contributed by atoms with Gasteiger partial charge >= 0.3 is 0 Å². The molecule has 2 N–H and O–H groups in total. The van der Waals surface area contributed by atoms with Crippen molar-refractivity contribution in [3.63, 3.8) is 0 Å². The Morgan fingerprint density at radius 1 is 1.38 bits per heavy atom. The van der Waals surface area contributed by atoms with Gasteiger partial charge in [-0.2, -0.15) is 8.42 Å². The van der Waals surface area contributed by atoms with Crippen LogP contribution in [0, 0.1) is 0 Å². The van der Waals surface area contributed by atoms with E-state index in [0.29, 0.717) is 18.8 Å². The van der Waals surface area contributed by atoms with Crippen LogP contribution in [0.5, 0.6) is 0 Å². The molecule has 1 aliphatic carbocycles. The molecule has 0 fully saturated rings. The molecule has 1 aromatic rings. The fraction of sp³-hybridized carbons (Fsp3) is 0.455. The van der Waals surface area contributed by atoms with Crippen molar-refractivity contribution in [3.8, 4) is 0 Å². The van der Waals surface area contributed by atoms with E-state index in [1.54, 1.807) is 0 Å². The number of aliphatic hydroxyl groups is 1. The van der Waals surface area contributed by atoms with E-state index in [-0.39, 0.29) is 0 Å². The second-order valence-electron chi connectivity index (χ2n) is 3.85. The summed E-state index contributed by atoms with van der Waals surface area (Å²) >= 11 is 0. The average Bonchev–Trinajstić information content (AvgIpc) is 2.58. The molecule has 5 heteroatoms. The third-order valence-electron chi connectivity index (χ3n) is 2.48. The number of benzene rings is 1. The SMILES string of the molecule is CS(=O)(=O)O.OCC1CCc2ccccc21. The average molecular weight is 244 g/mol. The molecule has 0 heterocycles. The summed E-state index contributed by atoms with van der Waals surface area (Å²) in [5.41, 5.74) is 2.78. The minimum absolute atomic E-state index is 0.303. The van der Waals surface area contributed by atoms with E-state index < -0.39 is 10.1 Å². The van der Waals surface area contributed by atoms with E-state index in [4.69, 9.17) is 9.66 Å². The van der Waals surface area contributed by atoms with Crippen LogP contribution in [0.1, 0.15) is 23.5 Å². The van der Waals surface area contributed by atoms with Gasteiger partial charge < -0.3 is 5.11 Å². The standard InChI is InChI=1S/C10H12O.CH4O3S/c11-7-9-6-5-8-3-1-2-4-10(8)9;1-5(2,3)4/h1-4,9,11H,5-7H2;1H3,(H,2,3,4). The second kappa shape index (κ2) is 5.43. The summed E-state index contributed by atoms with van der Waals surface area (Å²) in [5, 5.41) is 9.01. The summed E-state index contributed by atoms with van der Waals surface area (Å²) in [6, 6.07) is 8.40. The van der Waals surface area contributed by atoms with Crippen molar-refractivity contribution < 1.29 is 18.1 Å². The van der Waals surface area contributed by atoms with E-state index in [1.807, 2.05) is 6.07 Å². The maximum atomic E-state index is 9.19. The van der Waals surface area contributed by atoms with Gasteiger partial charge in [-0.1, -0.05) is 24.3 Å². The number of hydrogen-bond donors (Lipinski definition) is 2. The van der Waals surface area contributed by atoms with E-state index in [9.17, 15) is 8.42 Å². The van der Waals surface area contributed by atoms with Crippen molar-refractivity contribution in [1.29, 1.82) is 0 Å². The normalized spacial score (nSPS) is 18.6. The molecular formula is C11H16O4S. The molecule has 0 saturated heterocycles. The summed E-state index contributed by atoms with van der Waals surface area (Å²) in [6.45, 7) is 0.303. The first-order chi connectivity index (χ1) is 7.42. The fourth-order valence-corrected chi connectivity index (χ4v) is 1.84. The van der Waals surface area contributed by atoms with E-state index in [2.05, 4.69) is 18.2 Å². The second-order valence-corrected chi connectivity index (χ2v) is 5.32. The van der Waals surface area contributed by atoms with Crippen molar-refractivity contribution in [3.05, 3.63) is 35.4 Å². The molecule has 0 aliphatic heterocycles. The number of rotatable bonds is 1. The summed E-state index contributed by atoms with van der Waals surface area (Å²) in [6.07, 6.45) is 2.98. The van der Waals surface area contributed by atoms with Gasteiger partial charge in [-0.3, -0.25) is 4.55 Å². The first-order valence-corrected chi connectivity index (χ1v) is 6.87. The fourth-order valence-electron chi connectivity index (χ4n) is 1.84. The van der Waals surface area contributed by atoms with Gasteiger partial charge in [0.15, 0.2) is 0 Å². The molecule has 1 aromatic carbocycles. The third kappa shape index (κ3) is 4.30. The Balaban J connectivity index is 0.000000221. The zero-order chi connectivity index (χ0) is 12.2. The molecule has 1 atom stereocenters. The number of hydrogen-bond acceptors (Lipinski definition) is 3. The van der Waals surface area contributed by atoms with Crippen molar-refractivity contribution in [2.24, 2.45) is 0 Å². The smallest absolute Gasteiger partial charge is 0.261 e. The summed E-state index contributed by atoms with van der Waals surface area (Å²) in [5.74, 6) is 0.409. The van der Waals surface area contributed by atoms with Crippen LogP contribution in [0.3, 0.4) is 0 Å². The lowest BCUT2D eigenvalue weighted by Gasteiger charge is -2.05. The molecular weight excluding hydrogens is 228 g/mol. The zero-order valence-corrected chi connectivity index (χ0v) is 9.94. The minimum Gasteiger partial charge on any atom is -0.396 e. The quantitative estimate of drug-likeness (QED) is 0.728. The van der Waals surface area contributed by atoms with E-state index in [1.165, 1.54) is 11.1 Å². The molecule has 16 heavy (non-hydrogen) atoms. The summed E-state index contributed by atoms with van der Waals surface area (Å²) < 4.78 is 25.9. The summed E-state index contributed by atoms with van der Waals surface area (Å²) in [4.78, 5) is 0. The van der Waals surface area contributed by atoms with E-state index in [0.717, 1.165) is 12.8 Å².